The van der Waals surface area contributed by atoms with Crippen LogP contribution in [0.5, 0.6) is 17.2 Å². The van der Waals surface area contributed by atoms with E-state index < -0.39 is 0 Å². The van der Waals surface area contributed by atoms with Gasteiger partial charge in [0.25, 0.3) is 0 Å². The molecule has 1 N–H and O–H groups in total. The summed E-state index contributed by atoms with van der Waals surface area (Å²) in [6.45, 7) is 0.456. The van der Waals surface area contributed by atoms with Gasteiger partial charge >= 0.3 is 0 Å². The highest BCUT2D eigenvalue weighted by Gasteiger charge is 2.16. The molecular weight excluding hydrogens is 300 g/mol. The molecule has 2 heterocycles. The van der Waals surface area contributed by atoms with Gasteiger partial charge in [0.05, 0.1) is 21.3 Å². The predicted octanol–water partition coefficient (Wildman–Crippen LogP) is 1.14. The first-order valence-corrected chi connectivity index (χ1v) is 6.79. The van der Waals surface area contributed by atoms with Crippen molar-refractivity contribution in [2.75, 3.05) is 21.3 Å². The molecule has 1 aromatic carbocycles. The molecule has 0 bridgehead atoms. The van der Waals surface area contributed by atoms with Gasteiger partial charge in [-0.05, 0) is 12.1 Å². The number of aromatic nitrogens is 6. The lowest BCUT2D eigenvalue weighted by atomic mass is 10.1. The van der Waals surface area contributed by atoms with E-state index in [-0.39, 0.29) is 0 Å². The van der Waals surface area contributed by atoms with Gasteiger partial charge in [0.15, 0.2) is 17.3 Å². The number of H-pyrrole nitrogens is 1. The van der Waals surface area contributed by atoms with E-state index in [4.69, 9.17) is 14.2 Å². The fraction of sp³-hybridized carbons (Fsp3) is 0.286. The van der Waals surface area contributed by atoms with Crippen LogP contribution >= 0.6 is 0 Å². The summed E-state index contributed by atoms with van der Waals surface area (Å²) in [4.78, 5) is 8.35. The molecule has 0 amide bonds. The Morgan fingerprint density at radius 3 is 2.39 bits per heavy atom. The zero-order chi connectivity index (χ0) is 16.2. The maximum atomic E-state index is 5.34. The Bertz CT molecular complexity index is 759. The topological polar surface area (TPSA) is 100.0 Å². The minimum Gasteiger partial charge on any atom is -0.493 e. The van der Waals surface area contributed by atoms with E-state index in [0.717, 1.165) is 5.56 Å². The van der Waals surface area contributed by atoms with Crippen molar-refractivity contribution in [2.24, 2.45) is 0 Å². The molecule has 9 nitrogen and oxygen atoms in total. The molecule has 0 saturated carbocycles. The molecule has 0 aliphatic carbocycles. The van der Waals surface area contributed by atoms with Gasteiger partial charge in [-0.15, -0.1) is 0 Å². The van der Waals surface area contributed by atoms with Gasteiger partial charge in [0, 0.05) is 5.56 Å². The van der Waals surface area contributed by atoms with Gasteiger partial charge in [-0.1, -0.05) is 0 Å². The Balaban J connectivity index is 1.94. The van der Waals surface area contributed by atoms with Gasteiger partial charge < -0.3 is 14.2 Å². The van der Waals surface area contributed by atoms with E-state index in [1.54, 1.807) is 44.5 Å². The van der Waals surface area contributed by atoms with Crippen molar-refractivity contribution in [1.82, 2.24) is 29.9 Å². The zero-order valence-electron chi connectivity index (χ0n) is 13.0. The number of nitrogens with zero attached hydrogens (tertiary/aromatic N) is 5. The summed E-state index contributed by atoms with van der Waals surface area (Å²) < 4.78 is 17.6. The summed E-state index contributed by atoms with van der Waals surface area (Å²) in [5.41, 5.74) is 0.751. The summed E-state index contributed by atoms with van der Waals surface area (Å²) in [5, 5.41) is 11.1. The first kappa shape index (κ1) is 14.8. The summed E-state index contributed by atoms with van der Waals surface area (Å²) in [7, 11) is 4.69. The summed E-state index contributed by atoms with van der Waals surface area (Å²) in [6, 6.07) is 3.59. The van der Waals surface area contributed by atoms with E-state index in [9.17, 15) is 0 Å². The summed E-state index contributed by atoms with van der Waals surface area (Å²) in [6.07, 6.45) is 3.08. The lowest BCUT2D eigenvalue weighted by Crippen LogP contribution is -2.01. The van der Waals surface area contributed by atoms with Crippen molar-refractivity contribution in [2.45, 2.75) is 6.54 Å². The standard InChI is InChI=1S/C14H16N6O3/c1-21-10-4-9(5-11(22-2)13(10)23-3)14-17-12(18-19-14)6-20-8-15-7-16-20/h4-5,7-8H,6H2,1-3H3,(H,17,18,19). The average molecular weight is 316 g/mol. The number of benzene rings is 1. The van der Waals surface area contributed by atoms with E-state index >= 15 is 0 Å². The lowest BCUT2D eigenvalue weighted by Gasteiger charge is -2.12. The Kier molecular flexibility index (Phi) is 4.09. The number of hydrogen-bond donors (Lipinski definition) is 1. The first-order chi connectivity index (χ1) is 11.2. The van der Waals surface area contributed by atoms with Crippen LogP contribution in [0, 0.1) is 0 Å². The van der Waals surface area contributed by atoms with Crippen LogP contribution in [-0.4, -0.2) is 51.3 Å². The van der Waals surface area contributed by atoms with Gasteiger partial charge in [-0.2, -0.15) is 10.2 Å². The predicted molar refractivity (Wildman–Crippen MR) is 80.6 cm³/mol. The highest BCUT2D eigenvalue weighted by molar-refractivity contribution is 5.66. The third kappa shape index (κ3) is 2.93. The van der Waals surface area contributed by atoms with Crippen molar-refractivity contribution in [3.63, 3.8) is 0 Å². The molecule has 0 aliphatic rings. The molecule has 0 radical (unpaired) electrons. The first-order valence-electron chi connectivity index (χ1n) is 6.79. The van der Waals surface area contributed by atoms with Gasteiger partial charge in [0.1, 0.15) is 25.0 Å². The molecule has 23 heavy (non-hydrogen) atoms. The van der Waals surface area contributed by atoms with E-state index in [1.165, 1.54) is 6.33 Å². The molecule has 0 atom stereocenters. The second-order valence-corrected chi connectivity index (χ2v) is 4.61. The van der Waals surface area contributed by atoms with Crippen LogP contribution in [0.15, 0.2) is 24.8 Å². The summed E-state index contributed by atoms with van der Waals surface area (Å²) >= 11 is 0. The van der Waals surface area contributed by atoms with Crippen molar-refractivity contribution in [3.05, 3.63) is 30.6 Å². The third-order valence-electron chi connectivity index (χ3n) is 3.23. The van der Waals surface area contributed by atoms with Crippen LogP contribution in [0.2, 0.25) is 0 Å². The molecule has 3 aromatic rings. The number of nitrogens with one attached hydrogen (secondary N) is 1. The second-order valence-electron chi connectivity index (χ2n) is 4.61. The largest absolute Gasteiger partial charge is 0.493 e. The zero-order valence-corrected chi connectivity index (χ0v) is 13.0. The Morgan fingerprint density at radius 1 is 1.09 bits per heavy atom. The molecule has 0 spiro atoms. The number of methoxy groups -OCH3 is 3. The highest BCUT2D eigenvalue weighted by Crippen LogP contribution is 2.40. The molecular formula is C14H16N6O3. The van der Waals surface area contributed by atoms with Gasteiger partial charge in [-0.25, -0.2) is 14.6 Å². The second kappa shape index (κ2) is 6.34. The fourth-order valence-corrected chi connectivity index (χ4v) is 2.17. The minimum absolute atomic E-state index is 0.456. The molecule has 9 heteroatoms. The SMILES string of the molecule is COc1cc(-c2n[nH]c(Cn3cncn3)n2)cc(OC)c1OC. The highest BCUT2D eigenvalue weighted by atomic mass is 16.5. The van der Waals surface area contributed by atoms with Crippen LogP contribution in [0.1, 0.15) is 5.82 Å². The molecule has 120 valence electrons. The Hall–Kier alpha value is -3.10. The Labute approximate surface area is 132 Å². The third-order valence-corrected chi connectivity index (χ3v) is 3.23. The maximum absolute atomic E-state index is 5.34. The van der Waals surface area contributed by atoms with Crippen LogP contribution in [0.4, 0.5) is 0 Å². The molecule has 3 rings (SSSR count). The lowest BCUT2D eigenvalue weighted by molar-refractivity contribution is 0.324. The quantitative estimate of drug-likeness (QED) is 0.727. The van der Waals surface area contributed by atoms with E-state index in [2.05, 4.69) is 25.3 Å². The molecule has 0 saturated heterocycles. The number of hydrogen-bond acceptors (Lipinski definition) is 7. The smallest absolute Gasteiger partial charge is 0.203 e. The van der Waals surface area contributed by atoms with E-state index in [1.807, 2.05) is 0 Å². The van der Waals surface area contributed by atoms with Crippen LogP contribution in [0.3, 0.4) is 0 Å². The monoisotopic (exact) mass is 316 g/mol. The number of ether oxygens (including phenoxy) is 3. The number of rotatable bonds is 6. The van der Waals surface area contributed by atoms with Crippen molar-refractivity contribution < 1.29 is 14.2 Å². The maximum Gasteiger partial charge on any atom is 0.203 e. The minimum atomic E-state index is 0.456. The Morgan fingerprint density at radius 2 is 1.83 bits per heavy atom. The summed E-state index contributed by atoms with van der Waals surface area (Å²) in [5.74, 6) is 2.81. The number of aromatic amines is 1. The molecule has 2 aromatic heterocycles. The van der Waals surface area contributed by atoms with Gasteiger partial charge in [-0.3, -0.25) is 5.10 Å². The van der Waals surface area contributed by atoms with Crippen LogP contribution in [-0.2, 0) is 6.54 Å². The van der Waals surface area contributed by atoms with Crippen LogP contribution < -0.4 is 14.2 Å². The van der Waals surface area contributed by atoms with Crippen molar-refractivity contribution in [1.29, 1.82) is 0 Å². The van der Waals surface area contributed by atoms with E-state index in [0.29, 0.717) is 35.4 Å². The molecule has 0 fully saturated rings. The van der Waals surface area contributed by atoms with Crippen molar-refractivity contribution >= 4 is 0 Å². The normalized spacial score (nSPS) is 10.6. The molecule has 0 unspecified atom stereocenters. The van der Waals surface area contributed by atoms with Gasteiger partial charge in [0.2, 0.25) is 5.75 Å². The van der Waals surface area contributed by atoms with Crippen LogP contribution in [0.25, 0.3) is 11.4 Å². The van der Waals surface area contributed by atoms with Crippen molar-refractivity contribution in [3.8, 4) is 28.6 Å². The fourth-order valence-electron chi connectivity index (χ4n) is 2.17. The molecule has 0 aliphatic heterocycles. The average Bonchev–Trinajstić information content (AvgIpc) is 3.25.